The van der Waals surface area contributed by atoms with E-state index in [1.807, 2.05) is 0 Å². The van der Waals surface area contributed by atoms with Crippen LogP contribution >= 0.6 is 0 Å². The lowest BCUT2D eigenvalue weighted by molar-refractivity contribution is 0.456. The molecule has 0 rings (SSSR count). The minimum Gasteiger partial charge on any atom is -0.516 e. The van der Waals surface area contributed by atoms with Crippen LogP contribution < -0.4 is 0 Å². The summed E-state index contributed by atoms with van der Waals surface area (Å²) in [7, 11) is 0. The summed E-state index contributed by atoms with van der Waals surface area (Å²) in [6.07, 6.45) is 19.7. The number of aliphatic hydroxyl groups is 1. The summed E-state index contributed by atoms with van der Waals surface area (Å²) < 4.78 is 0. The average molecular weight is 268 g/mol. The van der Waals surface area contributed by atoms with Gasteiger partial charge in [-0.3, -0.25) is 0 Å². The first-order valence-corrected chi connectivity index (χ1v) is 8.67. The number of rotatable bonds is 14. The third-order valence-electron chi connectivity index (χ3n) is 3.89. The Hall–Kier alpha value is -0.460. The molecule has 1 N–H and O–H groups in total. The number of hydrogen-bond donors (Lipinski definition) is 1. The highest BCUT2D eigenvalue weighted by molar-refractivity contribution is 4.96. The van der Waals surface area contributed by atoms with E-state index >= 15 is 0 Å². The van der Waals surface area contributed by atoms with Gasteiger partial charge in [-0.15, -0.1) is 0 Å². The van der Waals surface area contributed by atoms with Gasteiger partial charge < -0.3 is 5.11 Å². The van der Waals surface area contributed by atoms with E-state index in [9.17, 15) is 5.11 Å². The summed E-state index contributed by atoms with van der Waals surface area (Å²) in [4.78, 5) is 0. The van der Waals surface area contributed by atoms with E-state index in [1.165, 1.54) is 88.9 Å². The van der Waals surface area contributed by atoms with E-state index in [0.717, 1.165) is 12.8 Å². The van der Waals surface area contributed by atoms with Crippen LogP contribution in [0.3, 0.4) is 0 Å². The Morgan fingerprint density at radius 1 is 0.632 bits per heavy atom. The molecule has 0 heterocycles. The van der Waals surface area contributed by atoms with Crippen molar-refractivity contribution in [2.24, 2.45) is 0 Å². The molecule has 0 unspecified atom stereocenters. The second kappa shape index (κ2) is 15.6. The Morgan fingerprint density at radius 2 is 1.00 bits per heavy atom. The quantitative estimate of drug-likeness (QED) is 0.267. The van der Waals surface area contributed by atoms with Gasteiger partial charge in [-0.2, -0.15) is 0 Å². The zero-order valence-electron chi connectivity index (χ0n) is 13.4. The molecule has 0 bridgehead atoms. The molecule has 0 fully saturated rings. The summed E-state index contributed by atoms with van der Waals surface area (Å²) in [5, 5.41) is 9.22. The zero-order chi connectivity index (χ0) is 14.2. The van der Waals surface area contributed by atoms with Crippen molar-refractivity contribution >= 4 is 0 Å². The van der Waals surface area contributed by atoms with Crippen LogP contribution in [0.1, 0.15) is 104 Å². The molecule has 0 saturated carbocycles. The summed E-state index contributed by atoms with van der Waals surface area (Å²) in [5.74, 6) is 0. The van der Waals surface area contributed by atoms with E-state index in [4.69, 9.17) is 0 Å². The molecule has 1 heteroatoms. The maximum absolute atomic E-state index is 9.22. The Bertz CT molecular complexity index is 196. The second-order valence-electron chi connectivity index (χ2n) is 5.82. The van der Waals surface area contributed by atoms with Crippen LogP contribution in [0.2, 0.25) is 0 Å². The van der Waals surface area contributed by atoms with Crippen LogP contribution in [0.15, 0.2) is 11.8 Å². The van der Waals surface area contributed by atoms with E-state index < -0.39 is 0 Å². The van der Waals surface area contributed by atoms with Crippen molar-refractivity contribution in [1.82, 2.24) is 0 Å². The monoisotopic (exact) mass is 268 g/mol. The molecule has 19 heavy (non-hydrogen) atoms. The first kappa shape index (κ1) is 18.5. The van der Waals surface area contributed by atoms with Crippen molar-refractivity contribution in [3.8, 4) is 0 Å². The van der Waals surface area contributed by atoms with Crippen LogP contribution in [-0.2, 0) is 0 Å². The van der Waals surface area contributed by atoms with E-state index in [1.54, 1.807) is 0 Å². The zero-order valence-corrected chi connectivity index (χ0v) is 13.4. The lowest BCUT2D eigenvalue weighted by Gasteiger charge is -2.06. The highest BCUT2D eigenvalue weighted by Gasteiger charge is 1.99. The van der Waals surface area contributed by atoms with Gasteiger partial charge >= 0.3 is 0 Å². The molecule has 0 aromatic carbocycles. The summed E-state index contributed by atoms with van der Waals surface area (Å²) >= 11 is 0. The van der Waals surface area contributed by atoms with Gasteiger partial charge in [0.1, 0.15) is 0 Å². The Balaban J connectivity index is 3.32. The first-order valence-electron chi connectivity index (χ1n) is 8.67. The van der Waals surface area contributed by atoms with Crippen molar-refractivity contribution in [3.63, 3.8) is 0 Å². The number of aliphatic hydroxyl groups excluding tert-OH is 1. The van der Waals surface area contributed by atoms with Gasteiger partial charge in [0, 0.05) is 0 Å². The molecule has 0 aromatic heterocycles. The van der Waals surface area contributed by atoms with Gasteiger partial charge in [0.2, 0.25) is 0 Å². The normalized spacial score (nSPS) is 12.0. The van der Waals surface area contributed by atoms with E-state index in [2.05, 4.69) is 13.8 Å². The fourth-order valence-corrected chi connectivity index (χ4v) is 2.52. The highest BCUT2D eigenvalue weighted by atomic mass is 16.2. The van der Waals surface area contributed by atoms with Crippen molar-refractivity contribution < 1.29 is 5.11 Å². The van der Waals surface area contributed by atoms with Gasteiger partial charge in [-0.05, 0) is 31.3 Å². The van der Waals surface area contributed by atoms with Crippen molar-refractivity contribution in [2.75, 3.05) is 0 Å². The van der Waals surface area contributed by atoms with Gasteiger partial charge in [0.15, 0.2) is 0 Å². The molecule has 0 aliphatic heterocycles. The fraction of sp³-hybridized carbons (Fsp3) is 0.889. The van der Waals surface area contributed by atoms with Gasteiger partial charge in [-0.25, -0.2) is 0 Å². The fourth-order valence-electron chi connectivity index (χ4n) is 2.52. The van der Waals surface area contributed by atoms with Gasteiger partial charge in [0.05, 0.1) is 6.26 Å². The smallest absolute Gasteiger partial charge is 0.0783 e. The molecule has 0 aromatic rings. The summed E-state index contributed by atoms with van der Waals surface area (Å²) in [6, 6.07) is 0. The molecule has 114 valence electrons. The van der Waals surface area contributed by atoms with Gasteiger partial charge in [-0.1, -0.05) is 78.1 Å². The molecule has 0 atom stereocenters. The SMILES string of the molecule is CCCCCCCCCCC(=CO)CCCCCC. The molecule has 0 radical (unpaired) electrons. The predicted octanol–water partition coefficient (Wildman–Crippen LogP) is 6.93. The average Bonchev–Trinajstić information content (AvgIpc) is 2.44. The maximum atomic E-state index is 9.22. The topological polar surface area (TPSA) is 20.2 Å². The van der Waals surface area contributed by atoms with Crippen LogP contribution in [0, 0.1) is 0 Å². The summed E-state index contributed by atoms with van der Waals surface area (Å²) in [6.45, 7) is 4.51. The number of hydrogen-bond acceptors (Lipinski definition) is 1. The first-order chi connectivity index (χ1) is 9.35. The third kappa shape index (κ3) is 13.8. The van der Waals surface area contributed by atoms with E-state index in [0.29, 0.717) is 0 Å². The van der Waals surface area contributed by atoms with Crippen LogP contribution in [-0.4, -0.2) is 5.11 Å². The number of unbranched alkanes of at least 4 members (excludes halogenated alkanes) is 10. The predicted molar refractivity (Wildman–Crippen MR) is 86.7 cm³/mol. The second-order valence-corrected chi connectivity index (χ2v) is 5.82. The van der Waals surface area contributed by atoms with Crippen LogP contribution in [0.5, 0.6) is 0 Å². The molecule has 0 spiro atoms. The minimum absolute atomic E-state index is 1.10. The highest BCUT2D eigenvalue weighted by Crippen LogP contribution is 2.17. The van der Waals surface area contributed by atoms with Gasteiger partial charge in [0.25, 0.3) is 0 Å². The molecule has 0 aliphatic rings. The van der Waals surface area contributed by atoms with Crippen LogP contribution in [0.25, 0.3) is 0 Å². The van der Waals surface area contributed by atoms with Crippen molar-refractivity contribution in [2.45, 2.75) is 104 Å². The third-order valence-corrected chi connectivity index (χ3v) is 3.89. The number of allylic oxidation sites excluding steroid dienone is 1. The van der Waals surface area contributed by atoms with E-state index in [-0.39, 0.29) is 0 Å². The lowest BCUT2D eigenvalue weighted by Crippen LogP contribution is -1.88. The summed E-state index contributed by atoms with van der Waals surface area (Å²) in [5.41, 5.74) is 1.27. The molecular weight excluding hydrogens is 232 g/mol. The Morgan fingerprint density at radius 3 is 1.42 bits per heavy atom. The standard InChI is InChI=1S/C18H36O/c1-3-5-7-9-10-11-12-14-16-18(17-19)15-13-8-6-4-2/h17,19H,3-16H2,1-2H3. The van der Waals surface area contributed by atoms with Crippen molar-refractivity contribution in [3.05, 3.63) is 11.8 Å². The van der Waals surface area contributed by atoms with Crippen LogP contribution in [0.4, 0.5) is 0 Å². The molecule has 0 amide bonds. The minimum atomic E-state index is 1.10. The maximum Gasteiger partial charge on any atom is 0.0783 e. The molecule has 0 saturated heterocycles. The van der Waals surface area contributed by atoms with Crippen molar-refractivity contribution in [1.29, 1.82) is 0 Å². The molecular formula is C18H36O. The lowest BCUT2D eigenvalue weighted by atomic mass is 10.0. The molecule has 1 nitrogen and oxygen atoms in total. The Labute approximate surface area is 121 Å². The largest absolute Gasteiger partial charge is 0.516 e. The molecule has 0 aliphatic carbocycles. The Kier molecular flexibility index (Phi) is 15.2.